The van der Waals surface area contributed by atoms with Crippen LogP contribution in [0.15, 0.2) is 40.3 Å². The number of sulfone groups is 1. The minimum atomic E-state index is -3.27. The highest BCUT2D eigenvalue weighted by molar-refractivity contribution is 7.92. The second-order valence-electron chi connectivity index (χ2n) is 5.78. The maximum atomic E-state index is 12.2. The highest BCUT2D eigenvalue weighted by atomic mass is 32.2. The Balaban J connectivity index is 2.15. The van der Waals surface area contributed by atoms with Crippen molar-refractivity contribution in [3.05, 3.63) is 30.3 Å². The number of rotatable bonds is 3. The SMILES string of the molecule is CC(C)(C)N1CCC(CS(=O)(=O)c2ccccc2)=N1. The molecule has 0 unspecified atom stereocenters. The zero-order valence-electron chi connectivity index (χ0n) is 11.6. The van der Waals surface area contributed by atoms with E-state index in [0.29, 0.717) is 4.90 Å². The van der Waals surface area contributed by atoms with E-state index >= 15 is 0 Å². The first-order valence-electron chi connectivity index (χ1n) is 6.41. The van der Waals surface area contributed by atoms with Crippen molar-refractivity contribution in [1.29, 1.82) is 0 Å². The summed E-state index contributed by atoms with van der Waals surface area (Å²) in [6.45, 7) is 7.02. The fourth-order valence-corrected chi connectivity index (χ4v) is 3.40. The van der Waals surface area contributed by atoms with Crippen LogP contribution in [0.25, 0.3) is 0 Å². The van der Waals surface area contributed by atoms with Gasteiger partial charge in [-0.3, -0.25) is 5.01 Å². The molecule has 0 bridgehead atoms. The van der Waals surface area contributed by atoms with Gasteiger partial charge in [0.25, 0.3) is 0 Å². The molecule has 0 saturated carbocycles. The lowest BCUT2D eigenvalue weighted by Gasteiger charge is -2.29. The standard InChI is InChI=1S/C14H20N2O2S/c1-14(2,3)16-10-9-12(15-16)11-19(17,18)13-7-5-4-6-8-13/h4-8H,9-11H2,1-3H3. The van der Waals surface area contributed by atoms with Gasteiger partial charge in [0.2, 0.25) is 0 Å². The van der Waals surface area contributed by atoms with Crippen molar-refractivity contribution < 1.29 is 8.42 Å². The minimum Gasteiger partial charge on any atom is -0.291 e. The molecule has 0 aliphatic carbocycles. The second kappa shape index (κ2) is 4.96. The molecule has 2 rings (SSSR count). The zero-order valence-corrected chi connectivity index (χ0v) is 12.4. The Hall–Kier alpha value is -1.36. The Morgan fingerprint density at radius 3 is 2.37 bits per heavy atom. The maximum Gasteiger partial charge on any atom is 0.183 e. The summed E-state index contributed by atoms with van der Waals surface area (Å²) in [4.78, 5) is 0.368. The molecule has 0 spiro atoms. The van der Waals surface area contributed by atoms with Crippen LogP contribution >= 0.6 is 0 Å². The summed E-state index contributed by atoms with van der Waals surface area (Å²) in [6.07, 6.45) is 0.726. The summed E-state index contributed by atoms with van der Waals surface area (Å²) in [5.41, 5.74) is 0.692. The first kappa shape index (κ1) is 14.1. The van der Waals surface area contributed by atoms with E-state index in [0.717, 1.165) is 18.7 Å². The van der Waals surface area contributed by atoms with Gasteiger partial charge in [0, 0.05) is 18.5 Å². The van der Waals surface area contributed by atoms with Gasteiger partial charge in [0.1, 0.15) is 0 Å². The van der Waals surface area contributed by atoms with Gasteiger partial charge in [-0.2, -0.15) is 5.10 Å². The van der Waals surface area contributed by atoms with Crippen molar-refractivity contribution in [3.63, 3.8) is 0 Å². The third kappa shape index (κ3) is 3.35. The van der Waals surface area contributed by atoms with Crippen molar-refractivity contribution in [2.75, 3.05) is 12.3 Å². The molecule has 1 aliphatic heterocycles. The lowest BCUT2D eigenvalue weighted by atomic mass is 10.1. The molecule has 1 aromatic rings. The van der Waals surface area contributed by atoms with E-state index in [1.807, 2.05) is 11.1 Å². The largest absolute Gasteiger partial charge is 0.291 e. The topological polar surface area (TPSA) is 49.7 Å². The van der Waals surface area contributed by atoms with Crippen molar-refractivity contribution in [1.82, 2.24) is 5.01 Å². The van der Waals surface area contributed by atoms with Gasteiger partial charge in [0.15, 0.2) is 9.84 Å². The van der Waals surface area contributed by atoms with Crippen LogP contribution in [0.4, 0.5) is 0 Å². The molecule has 1 aliphatic rings. The van der Waals surface area contributed by atoms with E-state index in [9.17, 15) is 8.42 Å². The third-order valence-electron chi connectivity index (χ3n) is 3.11. The summed E-state index contributed by atoms with van der Waals surface area (Å²) < 4.78 is 24.5. The van der Waals surface area contributed by atoms with Crippen molar-refractivity contribution in [3.8, 4) is 0 Å². The summed E-state index contributed by atoms with van der Waals surface area (Å²) in [6, 6.07) is 8.56. The molecule has 4 nitrogen and oxygen atoms in total. The first-order valence-corrected chi connectivity index (χ1v) is 8.06. The molecular weight excluding hydrogens is 260 g/mol. The minimum absolute atomic E-state index is 0.0175. The fourth-order valence-electron chi connectivity index (χ4n) is 2.02. The Morgan fingerprint density at radius 2 is 1.84 bits per heavy atom. The molecule has 0 aromatic heterocycles. The average Bonchev–Trinajstić information content (AvgIpc) is 2.78. The smallest absolute Gasteiger partial charge is 0.183 e. The fraction of sp³-hybridized carbons (Fsp3) is 0.500. The van der Waals surface area contributed by atoms with E-state index in [4.69, 9.17) is 0 Å². The molecule has 1 aromatic carbocycles. The molecular formula is C14H20N2O2S. The van der Waals surface area contributed by atoms with Gasteiger partial charge in [-0.25, -0.2) is 8.42 Å². The summed E-state index contributed by atoms with van der Waals surface area (Å²) >= 11 is 0. The van der Waals surface area contributed by atoms with Gasteiger partial charge >= 0.3 is 0 Å². The molecule has 0 saturated heterocycles. The van der Waals surface area contributed by atoms with E-state index in [1.54, 1.807) is 24.3 Å². The van der Waals surface area contributed by atoms with Crippen LogP contribution in [0.5, 0.6) is 0 Å². The highest BCUT2D eigenvalue weighted by Gasteiger charge is 2.27. The summed E-state index contributed by atoms with van der Waals surface area (Å²) in [5.74, 6) is 0.0175. The Kier molecular flexibility index (Phi) is 3.67. The summed E-state index contributed by atoms with van der Waals surface area (Å²) in [5, 5.41) is 6.40. The molecule has 0 N–H and O–H groups in total. The second-order valence-corrected chi connectivity index (χ2v) is 7.77. The van der Waals surface area contributed by atoms with Crippen LogP contribution in [-0.4, -0.2) is 37.0 Å². The van der Waals surface area contributed by atoms with E-state index < -0.39 is 9.84 Å². The Bertz CT molecular complexity index is 571. The van der Waals surface area contributed by atoms with E-state index in [1.165, 1.54) is 0 Å². The van der Waals surface area contributed by atoms with Crippen molar-refractivity contribution in [2.24, 2.45) is 5.10 Å². The highest BCUT2D eigenvalue weighted by Crippen LogP contribution is 2.21. The number of hydrogen-bond donors (Lipinski definition) is 0. The first-order chi connectivity index (χ1) is 8.79. The van der Waals surface area contributed by atoms with Gasteiger partial charge in [-0.15, -0.1) is 0 Å². The normalized spacial score (nSPS) is 16.6. The van der Waals surface area contributed by atoms with Crippen LogP contribution in [0, 0.1) is 0 Å². The quantitative estimate of drug-likeness (QED) is 0.853. The van der Waals surface area contributed by atoms with Gasteiger partial charge in [0.05, 0.1) is 16.4 Å². The molecule has 0 amide bonds. The molecule has 104 valence electrons. The van der Waals surface area contributed by atoms with Crippen LogP contribution < -0.4 is 0 Å². The molecule has 1 heterocycles. The predicted octanol–water partition coefficient (Wildman–Crippen LogP) is 2.32. The van der Waals surface area contributed by atoms with Crippen LogP contribution in [-0.2, 0) is 9.84 Å². The molecule has 5 heteroatoms. The third-order valence-corrected chi connectivity index (χ3v) is 4.81. The van der Waals surface area contributed by atoms with Crippen LogP contribution in [0.2, 0.25) is 0 Å². The van der Waals surface area contributed by atoms with Gasteiger partial charge in [-0.1, -0.05) is 18.2 Å². The maximum absolute atomic E-state index is 12.2. The van der Waals surface area contributed by atoms with Crippen molar-refractivity contribution >= 4 is 15.5 Å². The van der Waals surface area contributed by atoms with Gasteiger partial charge < -0.3 is 0 Å². The number of nitrogens with zero attached hydrogens (tertiary/aromatic N) is 2. The lowest BCUT2D eigenvalue weighted by molar-refractivity contribution is 0.160. The number of hydrogen-bond acceptors (Lipinski definition) is 4. The number of hydrazone groups is 1. The van der Waals surface area contributed by atoms with Crippen LogP contribution in [0.3, 0.4) is 0 Å². The zero-order chi connectivity index (χ0) is 14.1. The monoisotopic (exact) mass is 280 g/mol. The van der Waals surface area contributed by atoms with Crippen LogP contribution in [0.1, 0.15) is 27.2 Å². The Labute approximate surface area is 115 Å². The van der Waals surface area contributed by atoms with E-state index in [-0.39, 0.29) is 11.3 Å². The Morgan fingerprint density at radius 1 is 1.21 bits per heavy atom. The van der Waals surface area contributed by atoms with Gasteiger partial charge in [-0.05, 0) is 32.9 Å². The molecule has 0 atom stereocenters. The van der Waals surface area contributed by atoms with Crippen molar-refractivity contribution in [2.45, 2.75) is 37.6 Å². The molecule has 19 heavy (non-hydrogen) atoms. The predicted molar refractivity (Wildman–Crippen MR) is 77.0 cm³/mol. The molecule has 0 fully saturated rings. The summed E-state index contributed by atoms with van der Waals surface area (Å²) in [7, 11) is -3.27. The van der Waals surface area contributed by atoms with E-state index in [2.05, 4.69) is 25.9 Å². The average molecular weight is 280 g/mol. The molecule has 0 radical (unpaired) electrons. The number of benzene rings is 1. The lowest BCUT2D eigenvalue weighted by Crippen LogP contribution is -2.35.